The van der Waals surface area contributed by atoms with Crippen molar-refractivity contribution in [3.05, 3.63) is 68.2 Å². The maximum Gasteiger partial charge on any atom is 0.0834 e. The first kappa shape index (κ1) is 14.7. The van der Waals surface area contributed by atoms with Gasteiger partial charge in [-0.25, -0.2) is 0 Å². The molecule has 0 radical (unpaired) electrons. The Bertz CT molecular complexity index is 576. The minimum atomic E-state index is -0.658. The van der Waals surface area contributed by atoms with Gasteiger partial charge in [-0.3, -0.25) is 0 Å². The summed E-state index contributed by atoms with van der Waals surface area (Å²) in [6, 6.07) is 10.7. The fourth-order valence-electron chi connectivity index (χ4n) is 2.04. The highest BCUT2D eigenvalue weighted by atomic mass is 35.5. The van der Waals surface area contributed by atoms with Gasteiger partial charge in [0.1, 0.15) is 0 Å². The van der Waals surface area contributed by atoms with Crippen LogP contribution in [-0.2, 0) is 6.42 Å². The first-order chi connectivity index (χ1) is 8.99. The Morgan fingerprint density at radius 3 is 2.26 bits per heavy atom. The maximum absolute atomic E-state index is 10.3. The highest BCUT2D eigenvalue weighted by Crippen LogP contribution is 2.30. The number of benzene rings is 2. The van der Waals surface area contributed by atoms with E-state index in [1.165, 1.54) is 0 Å². The van der Waals surface area contributed by atoms with E-state index in [1.807, 2.05) is 19.1 Å². The van der Waals surface area contributed by atoms with Crippen LogP contribution in [0.3, 0.4) is 0 Å². The molecule has 1 nitrogen and oxygen atoms in total. The summed E-state index contributed by atoms with van der Waals surface area (Å²) in [7, 11) is 0. The first-order valence-electron chi connectivity index (χ1n) is 5.86. The van der Waals surface area contributed by atoms with E-state index >= 15 is 0 Å². The largest absolute Gasteiger partial charge is 0.388 e. The second kappa shape index (κ2) is 6.15. The molecule has 0 spiro atoms. The maximum atomic E-state index is 10.3. The van der Waals surface area contributed by atoms with Crippen molar-refractivity contribution in [3.63, 3.8) is 0 Å². The van der Waals surface area contributed by atoms with E-state index in [9.17, 15) is 5.11 Å². The molecule has 1 N–H and O–H groups in total. The molecule has 1 atom stereocenters. The van der Waals surface area contributed by atoms with Gasteiger partial charge in [0, 0.05) is 21.5 Å². The molecule has 100 valence electrons. The third kappa shape index (κ3) is 3.43. The quantitative estimate of drug-likeness (QED) is 0.822. The molecule has 0 saturated carbocycles. The van der Waals surface area contributed by atoms with Gasteiger partial charge in [-0.2, -0.15) is 0 Å². The van der Waals surface area contributed by atoms with Crippen LogP contribution in [0.1, 0.15) is 22.8 Å². The third-order valence-corrected chi connectivity index (χ3v) is 3.99. The highest BCUT2D eigenvalue weighted by molar-refractivity contribution is 6.36. The van der Waals surface area contributed by atoms with Crippen molar-refractivity contribution in [2.24, 2.45) is 0 Å². The lowest BCUT2D eigenvalue weighted by Crippen LogP contribution is -2.04. The highest BCUT2D eigenvalue weighted by Gasteiger charge is 2.15. The van der Waals surface area contributed by atoms with Crippen LogP contribution in [0.5, 0.6) is 0 Å². The van der Waals surface area contributed by atoms with Crippen LogP contribution in [0.2, 0.25) is 15.1 Å². The van der Waals surface area contributed by atoms with Crippen molar-refractivity contribution in [2.45, 2.75) is 19.4 Å². The second-order valence-electron chi connectivity index (χ2n) is 4.42. The second-order valence-corrected chi connectivity index (χ2v) is 5.67. The topological polar surface area (TPSA) is 20.2 Å². The van der Waals surface area contributed by atoms with Gasteiger partial charge in [0.2, 0.25) is 0 Å². The summed E-state index contributed by atoms with van der Waals surface area (Å²) >= 11 is 18.1. The molecule has 0 bridgehead atoms. The van der Waals surface area contributed by atoms with Crippen LogP contribution in [0.25, 0.3) is 0 Å². The molecule has 0 heterocycles. The lowest BCUT2D eigenvalue weighted by molar-refractivity contribution is 0.178. The minimum absolute atomic E-state index is 0.376. The smallest absolute Gasteiger partial charge is 0.0834 e. The summed E-state index contributed by atoms with van der Waals surface area (Å²) in [6.07, 6.45) is -0.282. The van der Waals surface area contributed by atoms with Gasteiger partial charge in [-0.1, -0.05) is 46.9 Å². The molecule has 0 aliphatic heterocycles. The average molecular weight is 316 g/mol. The first-order valence-corrected chi connectivity index (χ1v) is 6.99. The van der Waals surface area contributed by atoms with Crippen molar-refractivity contribution in [2.75, 3.05) is 0 Å². The van der Waals surface area contributed by atoms with Crippen LogP contribution in [0.15, 0.2) is 36.4 Å². The molecule has 4 heteroatoms. The lowest BCUT2D eigenvalue weighted by atomic mass is 9.98. The number of aliphatic hydroxyl groups excluding tert-OH is 1. The van der Waals surface area contributed by atoms with Gasteiger partial charge in [0.05, 0.1) is 6.10 Å². The molecule has 0 fully saturated rings. The number of hydrogen-bond acceptors (Lipinski definition) is 1. The molecular formula is C15H13Cl3O. The average Bonchev–Trinajstić information content (AvgIpc) is 2.33. The Kier molecular flexibility index (Phi) is 4.75. The van der Waals surface area contributed by atoms with E-state index in [-0.39, 0.29) is 0 Å². The summed E-state index contributed by atoms with van der Waals surface area (Å²) < 4.78 is 0. The van der Waals surface area contributed by atoms with Crippen LogP contribution >= 0.6 is 34.8 Å². The summed E-state index contributed by atoms with van der Waals surface area (Å²) in [5.41, 5.74) is 2.54. The van der Waals surface area contributed by atoms with E-state index < -0.39 is 6.10 Å². The van der Waals surface area contributed by atoms with Crippen molar-refractivity contribution in [1.82, 2.24) is 0 Å². The molecule has 19 heavy (non-hydrogen) atoms. The monoisotopic (exact) mass is 314 g/mol. The molecule has 0 saturated heterocycles. The van der Waals surface area contributed by atoms with Gasteiger partial charge >= 0.3 is 0 Å². The predicted octanol–water partition coefficient (Wildman–Crippen LogP) is 5.23. The zero-order valence-electron chi connectivity index (χ0n) is 10.3. The molecule has 2 aromatic rings. The third-order valence-electron chi connectivity index (χ3n) is 3.05. The van der Waals surface area contributed by atoms with Crippen molar-refractivity contribution >= 4 is 34.8 Å². The number of halogens is 3. The van der Waals surface area contributed by atoms with Crippen molar-refractivity contribution < 1.29 is 5.11 Å². The normalized spacial score (nSPS) is 12.5. The summed E-state index contributed by atoms with van der Waals surface area (Å²) in [4.78, 5) is 0. The predicted molar refractivity (Wildman–Crippen MR) is 81.3 cm³/mol. The van der Waals surface area contributed by atoms with E-state index in [0.717, 1.165) is 16.7 Å². The van der Waals surface area contributed by atoms with E-state index in [2.05, 4.69) is 0 Å². The van der Waals surface area contributed by atoms with Gasteiger partial charge in [0.15, 0.2) is 0 Å². The minimum Gasteiger partial charge on any atom is -0.388 e. The van der Waals surface area contributed by atoms with Crippen molar-refractivity contribution in [1.29, 1.82) is 0 Å². The van der Waals surface area contributed by atoms with Crippen LogP contribution in [0.4, 0.5) is 0 Å². The Morgan fingerprint density at radius 1 is 1.05 bits per heavy atom. The molecule has 0 amide bonds. The molecule has 2 rings (SSSR count). The molecule has 0 aromatic heterocycles. The SMILES string of the molecule is Cc1cc(Cl)ccc1C(O)Cc1c(Cl)cccc1Cl. The zero-order chi connectivity index (χ0) is 14.0. The Hall–Kier alpha value is -0.730. The summed E-state index contributed by atoms with van der Waals surface area (Å²) in [6.45, 7) is 1.92. The van der Waals surface area contributed by atoms with Gasteiger partial charge in [0.25, 0.3) is 0 Å². The lowest BCUT2D eigenvalue weighted by Gasteiger charge is -2.15. The number of hydrogen-bond donors (Lipinski definition) is 1. The van der Waals surface area contributed by atoms with E-state index in [4.69, 9.17) is 34.8 Å². The zero-order valence-corrected chi connectivity index (χ0v) is 12.6. The Balaban J connectivity index is 2.28. The number of rotatable bonds is 3. The molecule has 0 aliphatic rings. The fraction of sp³-hybridized carbons (Fsp3) is 0.200. The van der Waals surface area contributed by atoms with Crippen LogP contribution in [-0.4, -0.2) is 5.11 Å². The molecular weight excluding hydrogens is 303 g/mol. The van der Waals surface area contributed by atoms with Crippen LogP contribution < -0.4 is 0 Å². The standard InChI is InChI=1S/C15H13Cl3O/c1-9-7-10(16)5-6-11(9)15(19)8-12-13(17)3-2-4-14(12)18/h2-7,15,19H,8H2,1H3. The Labute approximate surface area is 127 Å². The van der Waals surface area contributed by atoms with Gasteiger partial charge in [-0.05, 0) is 47.9 Å². The number of aliphatic hydroxyl groups is 1. The molecule has 0 aliphatic carbocycles. The summed E-state index contributed by atoms with van der Waals surface area (Å²) in [5.74, 6) is 0. The molecule has 1 unspecified atom stereocenters. The van der Waals surface area contributed by atoms with Crippen molar-refractivity contribution in [3.8, 4) is 0 Å². The van der Waals surface area contributed by atoms with E-state index in [0.29, 0.717) is 21.5 Å². The van der Waals surface area contributed by atoms with Crippen LogP contribution in [0, 0.1) is 6.92 Å². The Morgan fingerprint density at radius 2 is 1.68 bits per heavy atom. The van der Waals surface area contributed by atoms with E-state index in [1.54, 1.807) is 24.3 Å². The fourth-order valence-corrected chi connectivity index (χ4v) is 2.82. The molecule has 2 aromatic carbocycles. The van der Waals surface area contributed by atoms with Gasteiger partial charge in [-0.15, -0.1) is 0 Å². The number of aryl methyl sites for hydroxylation is 1. The summed E-state index contributed by atoms with van der Waals surface area (Å²) in [5, 5.41) is 12.1. The van der Waals surface area contributed by atoms with Gasteiger partial charge < -0.3 is 5.11 Å².